The molecule has 0 N–H and O–H groups in total. The summed E-state index contributed by atoms with van der Waals surface area (Å²) in [6.07, 6.45) is 0.358. The molecule has 0 saturated heterocycles. The molecule has 0 radical (unpaired) electrons. The molecular weight excluding hydrogens is 440 g/mol. The molecule has 2 aliphatic heterocycles. The summed E-state index contributed by atoms with van der Waals surface area (Å²) in [4.78, 5) is 0. The molecule has 3 aromatic rings. The van der Waals surface area contributed by atoms with Crippen molar-refractivity contribution in [1.82, 2.24) is 5.01 Å². The van der Waals surface area contributed by atoms with Gasteiger partial charge in [0.2, 0.25) is 6.23 Å². The van der Waals surface area contributed by atoms with E-state index >= 15 is 0 Å². The van der Waals surface area contributed by atoms with Crippen molar-refractivity contribution in [3.63, 3.8) is 0 Å². The van der Waals surface area contributed by atoms with Crippen LogP contribution in [0.15, 0.2) is 65.8 Å². The fourth-order valence-electron chi connectivity index (χ4n) is 4.36. The highest BCUT2D eigenvalue weighted by atomic mass is 35.5. The van der Waals surface area contributed by atoms with Gasteiger partial charge in [0.05, 0.1) is 32.6 Å². The average molecular weight is 465 g/mol. The van der Waals surface area contributed by atoms with E-state index in [0.29, 0.717) is 23.1 Å². The number of methoxy groups -OCH3 is 2. The number of fused-ring (bicyclic) bond motifs is 3. The van der Waals surface area contributed by atoms with Crippen molar-refractivity contribution in [3.8, 4) is 23.0 Å². The fourth-order valence-corrected chi connectivity index (χ4v) is 4.54. The summed E-state index contributed by atoms with van der Waals surface area (Å²) >= 11 is 6.34. The van der Waals surface area contributed by atoms with Crippen LogP contribution in [0.4, 0.5) is 0 Å². The zero-order chi connectivity index (χ0) is 22.9. The topological polar surface area (TPSA) is 52.5 Å². The van der Waals surface area contributed by atoms with Crippen LogP contribution in [0.5, 0.6) is 23.0 Å². The lowest BCUT2D eigenvalue weighted by atomic mass is 9.95. The second-order valence-electron chi connectivity index (χ2n) is 7.87. The van der Waals surface area contributed by atoms with Gasteiger partial charge in [-0.15, -0.1) is 0 Å². The number of hydrogen-bond donors (Lipinski definition) is 0. The number of hydrazone groups is 1. The number of rotatable bonds is 6. The van der Waals surface area contributed by atoms with Gasteiger partial charge < -0.3 is 18.9 Å². The lowest BCUT2D eigenvalue weighted by Gasteiger charge is -2.38. The Bertz CT molecular complexity index is 1200. The van der Waals surface area contributed by atoms with Gasteiger partial charge in [0.25, 0.3) is 0 Å². The highest BCUT2D eigenvalue weighted by Crippen LogP contribution is 2.48. The minimum atomic E-state index is -0.364. The maximum Gasteiger partial charge on any atom is 0.213 e. The molecule has 0 unspecified atom stereocenters. The molecule has 6 nitrogen and oxygen atoms in total. The van der Waals surface area contributed by atoms with Gasteiger partial charge in [0.15, 0.2) is 11.5 Å². The zero-order valence-electron chi connectivity index (χ0n) is 18.7. The summed E-state index contributed by atoms with van der Waals surface area (Å²) < 4.78 is 22.9. The Morgan fingerprint density at radius 1 is 1.00 bits per heavy atom. The van der Waals surface area contributed by atoms with Gasteiger partial charge in [-0.3, -0.25) is 0 Å². The normalized spacial score (nSPS) is 18.7. The van der Waals surface area contributed by atoms with Crippen LogP contribution in [0.25, 0.3) is 0 Å². The smallest absolute Gasteiger partial charge is 0.213 e. The maximum absolute atomic E-state index is 6.43. The van der Waals surface area contributed by atoms with Crippen LogP contribution in [0.3, 0.4) is 0 Å². The third kappa shape index (κ3) is 3.95. The van der Waals surface area contributed by atoms with E-state index in [0.717, 1.165) is 40.3 Å². The van der Waals surface area contributed by atoms with E-state index in [2.05, 4.69) is 0 Å². The predicted octanol–water partition coefficient (Wildman–Crippen LogP) is 6.00. The molecule has 0 aliphatic carbocycles. The molecule has 170 valence electrons. The third-order valence-electron chi connectivity index (χ3n) is 5.94. The molecule has 3 aromatic carbocycles. The van der Waals surface area contributed by atoms with Crippen molar-refractivity contribution in [1.29, 1.82) is 0 Å². The van der Waals surface area contributed by atoms with Gasteiger partial charge in [0, 0.05) is 28.1 Å². The third-order valence-corrected chi connectivity index (χ3v) is 6.18. The van der Waals surface area contributed by atoms with E-state index in [1.54, 1.807) is 14.2 Å². The predicted molar refractivity (Wildman–Crippen MR) is 128 cm³/mol. The summed E-state index contributed by atoms with van der Waals surface area (Å²) in [6.45, 7) is 2.60. The van der Waals surface area contributed by atoms with Crippen LogP contribution >= 0.6 is 11.6 Å². The Hall–Kier alpha value is -3.38. The molecule has 5 rings (SSSR count). The van der Waals surface area contributed by atoms with Crippen molar-refractivity contribution in [2.45, 2.75) is 25.6 Å². The van der Waals surface area contributed by atoms with E-state index < -0.39 is 0 Å². The quantitative estimate of drug-likeness (QED) is 0.448. The number of benzene rings is 3. The molecule has 0 saturated carbocycles. The summed E-state index contributed by atoms with van der Waals surface area (Å²) in [5, 5.41) is 7.72. The molecule has 2 atom stereocenters. The van der Waals surface area contributed by atoms with Crippen molar-refractivity contribution in [2.24, 2.45) is 5.10 Å². The average Bonchev–Trinajstić information content (AvgIpc) is 3.30. The zero-order valence-corrected chi connectivity index (χ0v) is 19.5. The standard InChI is InChI=1S/C26H25ClN2O4/c1-4-32-19-9-5-16(6-10-19)26-29-22(20-14-18(27)8-12-23(20)33-26)15-21(28-29)17-7-11-24(30-2)25(13-17)31-3/h5-14,22,26H,4,15H2,1-3H3/t22-,26+/m1/s1. The minimum absolute atomic E-state index is 0.00659. The summed E-state index contributed by atoms with van der Waals surface area (Å²) in [5.74, 6) is 3.01. The summed E-state index contributed by atoms with van der Waals surface area (Å²) in [5.41, 5.74) is 3.97. The molecule has 0 aromatic heterocycles. The van der Waals surface area contributed by atoms with Crippen LogP contribution in [0.2, 0.25) is 5.02 Å². The molecule has 2 aliphatic rings. The molecule has 0 amide bonds. The summed E-state index contributed by atoms with van der Waals surface area (Å²) in [6, 6.07) is 19.6. The van der Waals surface area contributed by atoms with Crippen LogP contribution in [-0.2, 0) is 0 Å². The second-order valence-corrected chi connectivity index (χ2v) is 8.31. The van der Waals surface area contributed by atoms with Crippen molar-refractivity contribution < 1.29 is 18.9 Å². The maximum atomic E-state index is 6.43. The Morgan fingerprint density at radius 2 is 1.79 bits per heavy atom. The van der Waals surface area contributed by atoms with E-state index in [1.165, 1.54) is 0 Å². The van der Waals surface area contributed by atoms with E-state index in [1.807, 2.05) is 72.6 Å². The minimum Gasteiger partial charge on any atom is -0.494 e. The van der Waals surface area contributed by atoms with E-state index in [9.17, 15) is 0 Å². The van der Waals surface area contributed by atoms with Crippen molar-refractivity contribution in [2.75, 3.05) is 20.8 Å². The lowest BCUT2D eigenvalue weighted by molar-refractivity contribution is -0.0190. The van der Waals surface area contributed by atoms with Gasteiger partial charge in [-0.1, -0.05) is 11.6 Å². The van der Waals surface area contributed by atoms with Gasteiger partial charge in [-0.05, 0) is 67.6 Å². The molecule has 33 heavy (non-hydrogen) atoms. The first-order valence-electron chi connectivity index (χ1n) is 10.9. The van der Waals surface area contributed by atoms with E-state index in [4.69, 9.17) is 35.6 Å². The van der Waals surface area contributed by atoms with Crippen LogP contribution < -0.4 is 18.9 Å². The Labute approximate surface area is 198 Å². The first-order valence-corrected chi connectivity index (χ1v) is 11.3. The van der Waals surface area contributed by atoms with Crippen LogP contribution in [-0.4, -0.2) is 31.5 Å². The molecule has 7 heteroatoms. The van der Waals surface area contributed by atoms with Gasteiger partial charge in [0.1, 0.15) is 11.5 Å². The Kier molecular flexibility index (Phi) is 5.77. The molecular formula is C26H25ClN2O4. The molecule has 0 fully saturated rings. The number of halogens is 1. The number of ether oxygens (including phenoxy) is 4. The van der Waals surface area contributed by atoms with Crippen molar-refractivity contribution in [3.05, 3.63) is 82.4 Å². The molecule has 2 heterocycles. The Morgan fingerprint density at radius 3 is 2.52 bits per heavy atom. The monoisotopic (exact) mass is 464 g/mol. The second kappa shape index (κ2) is 8.87. The van der Waals surface area contributed by atoms with Gasteiger partial charge in [-0.25, -0.2) is 5.01 Å². The van der Waals surface area contributed by atoms with Crippen LogP contribution in [0.1, 0.15) is 42.3 Å². The van der Waals surface area contributed by atoms with Gasteiger partial charge >= 0.3 is 0 Å². The van der Waals surface area contributed by atoms with Gasteiger partial charge in [-0.2, -0.15) is 5.10 Å². The van der Waals surface area contributed by atoms with E-state index in [-0.39, 0.29) is 12.3 Å². The SMILES string of the molecule is CCOc1ccc([C@@H]2Oc3ccc(Cl)cc3[C@H]3CC(c4ccc(OC)c(OC)c4)=NN32)cc1. The molecule has 0 spiro atoms. The molecule has 0 bridgehead atoms. The lowest BCUT2D eigenvalue weighted by Crippen LogP contribution is -2.33. The number of hydrogen-bond acceptors (Lipinski definition) is 6. The van der Waals surface area contributed by atoms with Crippen LogP contribution in [0, 0.1) is 0 Å². The van der Waals surface area contributed by atoms with Crippen molar-refractivity contribution >= 4 is 17.3 Å². The first-order chi connectivity index (χ1) is 16.1. The Balaban J connectivity index is 1.55. The summed E-state index contributed by atoms with van der Waals surface area (Å²) in [7, 11) is 3.26. The fraction of sp³-hybridized carbons (Fsp3) is 0.269. The number of nitrogens with zero attached hydrogens (tertiary/aromatic N) is 2. The first kappa shape index (κ1) is 21.5. The largest absolute Gasteiger partial charge is 0.494 e. The highest BCUT2D eigenvalue weighted by Gasteiger charge is 2.41. The highest BCUT2D eigenvalue weighted by molar-refractivity contribution is 6.30.